The third kappa shape index (κ3) is 2.87. The van der Waals surface area contributed by atoms with Crippen LogP contribution in [0, 0.1) is 0 Å². The Kier molecular flexibility index (Phi) is 3.04. The van der Waals surface area contributed by atoms with E-state index >= 15 is 0 Å². The molecule has 1 heterocycles. The number of carboxylic acids is 1. The minimum atomic E-state index is -0.903. The van der Waals surface area contributed by atoms with E-state index < -0.39 is 5.97 Å². The van der Waals surface area contributed by atoms with Gasteiger partial charge in [-0.25, -0.2) is 4.98 Å². The van der Waals surface area contributed by atoms with Crippen LogP contribution in [0.15, 0.2) is 22.8 Å². The van der Waals surface area contributed by atoms with Crippen molar-refractivity contribution in [1.29, 1.82) is 0 Å². The molecule has 0 saturated carbocycles. The van der Waals surface area contributed by atoms with Crippen molar-refractivity contribution in [2.45, 2.75) is 0 Å². The summed E-state index contributed by atoms with van der Waals surface area (Å²) in [4.78, 5) is 14.1. The van der Waals surface area contributed by atoms with Crippen LogP contribution in [0.3, 0.4) is 0 Å². The van der Waals surface area contributed by atoms with E-state index in [1.807, 2.05) is 0 Å². The van der Waals surface area contributed by atoms with Crippen LogP contribution < -0.4 is 5.32 Å². The first-order valence-electron chi connectivity index (χ1n) is 3.25. The van der Waals surface area contributed by atoms with Crippen molar-refractivity contribution in [3.63, 3.8) is 0 Å². The third-order valence-electron chi connectivity index (χ3n) is 1.15. The Morgan fingerprint density at radius 3 is 2.92 bits per heavy atom. The first-order valence-corrected chi connectivity index (χ1v) is 4.05. The van der Waals surface area contributed by atoms with Crippen molar-refractivity contribution in [2.24, 2.45) is 0 Å². The molecule has 12 heavy (non-hydrogen) atoms. The lowest BCUT2D eigenvalue weighted by Crippen LogP contribution is -2.12. The number of aliphatic carboxylic acids is 1. The lowest BCUT2D eigenvalue weighted by Gasteiger charge is -2.00. The predicted octanol–water partition coefficient (Wildman–Crippen LogP) is 1.34. The van der Waals surface area contributed by atoms with E-state index in [0.29, 0.717) is 5.82 Å². The van der Waals surface area contributed by atoms with E-state index in [0.717, 1.165) is 4.47 Å². The van der Waals surface area contributed by atoms with Gasteiger partial charge in [0, 0.05) is 10.7 Å². The molecule has 0 unspecified atom stereocenters. The number of nitrogens with zero attached hydrogens (tertiary/aromatic N) is 1. The van der Waals surface area contributed by atoms with E-state index in [1.165, 1.54) is 0 Å². The maximum absolute atomic E-state index is 10.1. The van der Waals surface area contributed by atoms with Crippen LogP contribution in [0.25, 0.3) is 0 Å². The summed E-state index contributed by atoms with van der Waals surface area (Å²) in [6, 6.07) is 3.49. The first-order chi connectivity index (χ1) is 5.68. The molecule has 0 aliphatic heterocycles. The Balaban J connectivity index is 2.53. The fourth-order valence-electron chi connectivity index (χ4n) is 0.647. The molecule has 1 rings (SSSR count). The first kappa shape index (κ1) is 8.99. The van der Waals surface area contributed by atoms with E-state index in [4.69, 9.17) is 5.11 Å². The molecule has 0 aliphatic rings. The van der Waals surface area contributed by atoms with E-state index in [1.54, 1.807) is 18.3 Å². The lowest BCUT2D eigenvalue weighted by molar-refractivity contribution is -0.134. The number of nitrogens with one attached hydrogen (secondary N) is 1. The number of carboxylic acid groups (broad SMARTS) is 1. The highest BCUT2D eigenvalue weighted by Gasteiger charge is 1.96. The highest BCUT2D eigenvalue weighted by molar-refractivity contribution is 9.10. The van der Waals surface area contributed by atoms with Crippen LogP contribution in [0.2, 0.25) is 0 Å². The summed E-state index contributed by atoms with van der Waals surface area (Å²) in [5, 5.41) is 11.0. The monoisotopic (exact) mass is 230 g/mol. The van der Waals surface area contributed by atoms with Gasteiger partial charge >= 0.3 is 5.97 Å². The summed E-state index contributed by atoms with van der Waals surface area (Å²) in [6.07, 6.45) is 1.60. The Labute approximate surface area is 77.8 Å². The standard InChI is InChI=1S/C7H7BrN2O2/c8-5-1-2-6(9-3-5)10-4-7(11)12/h1-3H,4H2,(H,9,10)(H,11,12). The van der Waals surface area contributed by atoms with E-state index in [2.05, 4.69) is 26.2 Å². The van der Waals surface area contributed by atoms with Gasteiger partial charge in [0.2, 0.25) is 0 Å². The molecule has 0 amide bonds. The summed E-state index contributed by atoms with van der Waals surface area (Å²) >= 11 is 3.22. The molecular formula is C7H7BrN2O2. The molecule has 0 fully saturated rings. The van der Waals surface area contributed by atoms with E-state index in [-0.39, 0.29) is 6.54 Å². The molecule has 0 bridgehead atoms. The average molecular weight is 231 g/mol. The number of hydrogen-bond acceptors (Lipinski definition) is 3. The summed E-state index contributed by atoms with van der Waals surface area (Å²) in [7, 11) is 0. The van der Waals surface area contributed by atoms with Crippen LogP contribution in [0.5, 0.6) is 0 Å². The number of hydrogen-bond donors (Lipinski definition) is 2. The fraction of sp³-hybridized carbons (Fsp3) is 0.143. The zero-order valence-electron chi connectivity index (χ0n) is 6.12. The predicted molar refractivity (Wildman–Crippen MR) is 48.1 cm³/mol. The molecule has 5 heteroatoms. The number of anilines is 1. The highest BCUT2D eigenvalue weighted by Crippen LogP contribution is 2.09. The number of pyridine rings is 1. The van der Waals surface area contributed by atoms with Crippen molar-refractivity contribution < 1.29 is 9.90 Å². The van der Waals surface area contributed by atoms with Gasteiger partial charge in [-0.15, -0.1) is 0 Å². The second-order valence-electron chi connectivity index (χ2n) is 2.11. The minimum Gasteiger partial charge on any atom is -0.480 e. The zero-order valence-corrected chi connectivity index (χ0v) is 7.71. The molecule has 0 aromatic carbocycles. The number of aromatic nitrogens is 1. The van der Waals surface area contributed by atoms with Gasteiger partial charge in [-0.05, 0) is 28.1 Å². The molecule has 2 N–H and O–H groups in total. The molecule has 0 saturated heterocycles. The molecule has 0 atom stereocenters. The molecule has 1 aromatic rings. The Morgan fingerprint density at radius 1 is 1.67 bits per heavy atom. The molecular weight excluding hydrogens is 224 g/mol. The summed E-state index contributed by atoms with van der Waals surface area (Å²) in [5.74, 6) is -0.347. The number of halogens is 1. The van der Waals surface area contributed by atoms with Gasteiger partial charge in [-0.3, -0.25) is 4.79 Å². The highest BCUT2D eigenvalue weighted by atomic mass is 79.9. The van der Waals surface area contributed by atoms with Crippen LogP contribution in [-0.2, 0) is 4.79 Å². The van der Waals surface area contributed by atoms with Gasteiger partial charge in [0.25, 0.3) is 0 Å². The van der Waals surface area contributed by atoms with Crippen LogP contribution in [0.4, 0.5) is 5.82 Å². The quantitative estimate of drug-likeness (QED) is 0.823. The van der Waals surface area contributed by atoms with Gasteiger partial charge in [0.05, 0.1) is 0 Å². The molecule has 0 aliphatic carbocycles. The second kappa shape index (κ2) is 4.06. The maximum atomic E-state index is 10.1. The Bertz CT molecular complexity index is 273. The molecule has 1 aromatic heterocycles. The van der Waals surface area contributed by atoms with Crippen molar-refractivity contribution in [3.05, 3.63) is 22.8 Å². The summed E-state index contributed by atoms with van der Waals surface area (Å²) < 4.78 is 0.864. The Morgan fingerprint density at radius 2 is 2.42 bits per heavy atom. The van der Waals surface area contributed by atoms with E-state index in [9.17, 15) is 4.79 Å². The topological polar surface area (TPSA) is 62.2 Å². The molecule has 0 radical (unpaired) electrons. The number of carbonyl (C=O) groups is 1. The smallest absolute Gasteiger partial charge is 0.322 e. The molecule has 0 spiro atoms. The van der Waals surface area contributed by atoms with Crippen molar-refractivity contribution in [2.75, 3.05) is 11.9 Å². The van der Waals surface area contributed by atoms with Gasteiger partial charge in [0.1, 0.15) is 12.4 Å². The summed E-state index contributed by atoms with van der Waals surface area (Å²) in [6.45, 7) is -0.116. The largest absolute Gasteiger partial charge is 0.480 e. The van der Waals surface area contributed by atoms with Crippen molar-refractivity contribution in [1.82, 2.24) is 4.98 Å². The Hall–Kier alpha value is -1.10. The fourth-order valence-corrected chi connectivity index (χ4v) is 0.881. The molecule has 64 valence electrons. The van der Waals surface area contributed by atoms with Crippen LogP contribution in [0.1, 0.15) is 0 Å². The van der Waals surface area contributed by atoms with Crippen molar-refractivity contribution >= 4 is 27.7 Å². The van der Waals surface area contributed by atoms with Crippen molar-refractivity contribution in [3.8, 4) is 0 Å². The van der Waals surface area contributed by atoms with Crippen LogP contribution >= 0.6 is 15.9 Å². The number of rotatable bonds is 3. The maximum Gasteiger partial charge on any atom is 0.322 e. The average Bonchev–Trinajstić information content (AvgIpc) is 2.03. The van der Waals surface area contributed by atoms with Gasteiger partial charge in [-0.2, -0.15) is 0 Å². The normalized spacial score (nSPS) is 9.42. The van der Waals surface area contributed by atoms with Crippen LogP contribution in [-0.4, -0.2) is 22.6 Å². The second-order valence-corrected chi connectivity index (χ2v) is 3.02. The molecule has 4 nitrogen and oxygen atoms in total. The van der Waals surface area contributed by atoms with Gasteiger partial charge in [-0.1, -0.05) is 0 Å². The minimum absolute atomic E-state index is 0.116. The third-order valence-corrected chi connectivity index (χ3v) is 1.62. The van der Waals surface area contributed by atoms with Gasteiger partial charge < -0.3 is 10.4 Å². The lowest BCUT2D eigenvalue weighted by atomic mass is 10.4. The SMILES string of the molecule is O=C(O)CNc1ccc(Br)cn1. The summed E-state index contributed by atoms with van der Waals surface area (Å²) in [5.41, 5.74) is 0. The zero-order chi connectivity index (χ0) is 8.97. The van der Waals surface area contributed by atoms with Gasteiger partial charge in [0.15, 0.2) is 0 Å².